The summed E-state index contributed by atoms with van der Waals surface area (Å²) in [5.41, 5.74) is 1.88. The van der Waals surface area contributed by atoms with Crippen LogP contribution in [-0.2, 0) is 19.4 Å². The molecule has 2 N–H and O–H groups in total. The average molecular weight is 423 g/mol. The molecule has 1 heterocycles. The third-order valence-electron chi connectivity index (χ3n) is 4.51. The second-order valence-corrected chi connectivity index (χ2v) is 9.72. The van der Waals surface area contributed by atoms with Crippen molar-refractivity contribution in [1.82, 2.24) is 10.6 Å². The number of unbranched alkanes of at least 4 members (excludes halogenated alkanes) is 1. The number of hydrogen-bond acceptors (Lipinski definition) is 5. The first-order valence-corrected chi connectivity index (χ1v) is 11.6. The second kappa shape index (κ2) is 9.84. The third-order valence-corrected chi connectivity index (χ3v) is 7.73. The Morgan fingerprint density at radius 2 is 1.79 bits per heavy atom. The molecule has 1 aromatic carbocycles. The molecule has 2 amide bonds. The third kappa shape index (κ3) is 5.42. The number of nitrogens with one attached hydrogen (secondary N) is 2. The Bertz CT molecular complexity index is 922. The van der Waals surface area contributed by atoms with Gasteiger partial charge in [0.1, 0.15) is 5.25 Å². The SMILES string of the molecule is CCCCNC(=O)C(=O)NC[C@@H](c1cccs1)S(=O)(=O)c1ccc(C)c(C)c1. The summed E-state index contributed by atoms with van der Waals surface area (Å²) in [5.74, 6) is -1.57. The Morgan fingerprint density at radius 3 is 2.39 bits per heavy atom. The lowest BCUT2D eigenvalue weighted by Gasteiger charge is -2.18. The maximum atomic E-state index is 13.2. The van der Waals surface area contributed by atoms with Gasteiger partial charge in [0.15, 0.2) is 9.84 Å². The molecule has 0 radical (unpaired) electrons. The van der Waals surface area contributed by atoms with Gasteiger partial charge in [-0.15, -0.1) is 11.3 Å². The minimum absolute atomic E-state index is 0.171. The number of carbonyl (C=O) groups is 2. The van der Waals surface area contributed by atoms with Gasteiger partial charge in [-0.1, -0.05) is 25.5 Å². The number of sulfone groups is 1. The number of aryl methyl sites for hydroxylation is 2. The Morgan fingerprint density at radius 1 is 1.07 bits per heavy atom. The number of benzene rings is 1. The molecule has 0 aliphatic rings. The van der Waals surface area contributed by atoms with E-state index in [1.165, 1.54) is 11.3 Å². The molecule has 0 saturated heterocycles. The van der Waals surface area contributed by atoms with Gasteiger partial charge < -0.3 is 10.6 Å². The molecule has 6 nitrogen and oxygen atoms in total. The van der Waals surface area contributed by atoms with Crippen LogP contribution in [0.2, 0.25) is 0 Å². The van der Waals surface area contributed by atoms with Crippen molar-refractivity contribution in [2.45, 2.75) is 43.8 Å². The van der Waals surface area contributed by atoms with Crippen molar-refractivity contribution in [1.29, 1.82) is 0 Å². The molecule has 0 saturated carbocycles. The molecule has 8 heteroatoms. The van der Waals surface area contributed by atoms with E-state index >= 15 is 0 Å². The smallest absolute Gasteiger partial charge is 0.309 e. The number of thiophene rings is 1. The highest BCUT2D eigenvalue weighted by Crippen LogP contribution is 2.32. The van der Waals surface area contributed by atoms with Crippen LogP contribution in [0.4, 0.5) is 0 Å². The molecule has 0 bridgehead atoms. The number of amides is 2. The summed E-state index contributed by atoms with van der Waals surface area (Å²) < 4.78 is 26.5. The highest BCUT2D eigenvalue weighted by Gasteiger charge is 2.31. The van der Waals surface area contributed by atoms with E-state index in [0.717, 1.165) is 24.0 Å². The van der Waals surface area contributed by atoms with Crippen molar-refractivity contribution in [2.75, 3.05) is 13.1 Å². The predicted octanol–water partition coefficient (Wildman–Crippen LogP) is 2.91. The highest BCUT2D eigenvalue weighted by atomic mass is 32.2. The van der Waals surface area contributed by atoms with E-state index in [1.807, 2.05) is 20.8 Å². The summed E-state index contributed by atoms with van der Waals surface area (Å²) in [7, 11) is -3.74. The Balaban J connectivity index is 2.20. The van der Waals surface area contributed by atoms with Crippen LogP contribution in [0.5, 0.6) is 0 Å². The van der Waals surface area contributed by atoms with E-state index in [9.17, 15) is 18.0 Å². The molecule has 0 fully saturated rings. The zero-order valence-electron chi connectivity index (χ0n) is 16.3. The Hall–Kier alpha value is -2.19. The van der Waals surface area contributed by atoms with Gasteiger partial charge >= 0.3 is 11.8 Å². The highest BCUT2D eigenvalue weighted by molar-refractivity contribution is 7.91. The zero-order valence-corrected chi connectivity index (χ0v) is 18.0. The van der Waals surface area contributed by atoms with Crippen LogP contribution < -0.4 is 10.6 Å². The van der Waals surface area contributed by atoms with Crippen molar-refractivity contribution >= 4 is 33.0 Å². The quantitative estimate of drug-likeness (QED) is 0.505. The van der Waals surface area contributed by atoms with Gasteiger partial charge in [0.25, 0.3) is 0 Å². The predicted molar refractivity (Wildman–Crippen MR) is 111 cm³/mol. The average Bonchev–Trinajstić information content (AvgIpc) is 3.18. The van der Waals surface area contributed by atoms with Crippen molar-refractivity contribution in [3.8, 4) is 0 Å². The molecular formula is C20H26N2O4S2. The number of carbonyl (C=O) groups excluding carboxylic acids is 2. The lowest BCUT2D eigenvalue weighted by molar-refractivity contribution is -0.139. The first kappa shape index (κ1) is 22.1. The van der Waals surface area contributed by atoms with Gasteiger partial charge in [-0.3, -0.25) is 9.59 Å². The van der Waals surface area contributed by atoms with Crippen molar-refractivity contribution in [2.24, 2.45) is 0 Å². The number of rotatable bonds is 8. The van der Waals surface area contributed by atoms with E-state index in [2.05, 4.69) is 10.6 Å². The monoisotopic (exact) mass is 422 g/mol. The summed E-state index contributed by atoms with van der Waals surface area (Å²) in [4.78, 5) is 24.7. The molecule has 0 aliphatic carbocycles. The van der Waals surface area contributed by atoms with Crippen molar-refractivity contribution in [3.05, 3.63) is 51.7 Å². The molecule has 28 heavy (non-hydrogen) atoms. The van der Waals surface area contributed by atoms with Gasteiger partial charge in [0, 0.05) is 18.0 Å². The van der Waals surface area contributed by atoms with Gasteiger partial charge in [0.05, 0.1) is 4.90 Å². The zero-order chi connectivity index (χ0) is 20.7. The molecular weight excluding hydrogens is 396 g/mol. The minimum atomic E-state index is -3.74. The van der Waals surface area contributed by atoms with Crippen LogP contribution in [-0.4, -0.2) is 33.3 Å². The van der Waals surface area contributed by atoms with Gasteiger partial charge in [-0.2, -0.15) is 0 Å². The number of hydrogen-bond donors (Lipinski definition) is 2. The molecule has 152 valence electrons. The van der Waals surface area contributed by atoms with E-state index in [1.54, 1.807) is 35.7 Å². The fraction of sp³-hybridized carbons (Fsp3) is 0.400. The van der Waals surface area contributed by atoms with Crippen LogP contribution in [0.3, 0.4) is 0 Å². The van der Waals surface area contributed by atoms with Crippen LogP contribution in [0.25, 0.3) is 0 Å². The fourth-order valence-electron chi connectivity index (χ4n) is 2.62. The van der Waals surface area contributed by atoms with Gasteiger partial charge in [-0.25, -0.2) is 8.42 Å². The van der Waals surface area contributed by atoms with Crippen LogP contribution in [0.15, 0.2) is 40.6 Å². The van der Waals surface area contributed by atoms with E-state index in [-0.39, 0.29) is 11.4 Å². The van der Waals surface area contributed by atoms with Crippen LogP contribution in [0.1, 0.15) is 41.0 Å². The summed E-state index contributed by atoms with van der Waals surface area (Å²) in [6.07, 6.45) is 1.68. The summed E-state index contributed by atoms with van der Waals surface area (Å²) in [6, 6.07) is 8.49. The van der Waals surface area contributed by atoms with Gasteiger partial charge in [0.2, 0.25) is 0 Å². The molecule has 0 spiro atoms. The summed E-state index contributed by atoms with van der Waals surface area (Å²) in [5, 5.41) is 5.84. The lowest BCUT2D eigenvalue weighted by atomic mass is 10.1. The second-order valence-electron chi connectivity index (χ2n) is 6.61. The Kier molecular flexibility index (Phi) is 7.77. The first-order valence-electron chi connectivity index (χ1n) is 9.18. The summed E-state index contributed by atoms with van der Waals surface area (Å²) in [6.45, 7) is 6.00. The normalized spacial score (nSPS) is 12.4. The molecule has 2 aromatic rings. The topological polar surface area (TPSA) is 92.3 Å². The molecule has 0 unspecified atom stereocenters. The largest absolute Gasteiger partial charge is 0.348 e. The maximum absolute atomic E-state index is 13.2. The lowest BCUT2D eigenvalue weighted by Crippen LogP contribution is -2.42. The van der Waals surface area contributed by atoms with Gasteiger partial charge in [-0.05, 0) is 55.0 Å². The molecule has 1 atom stereocenters. The van der Waals surface area contributed by atoms with E-state index < -0.39 is 26.9 Å². The standard InChI is InChI=1S/C20H26N2O4S2/c1-4-5-10-21-19(23)20(24)22-13-18(17-7-6-11-27-17)28(25,26)16-9-8-14(2)15(3)12-16/h6-9,11-12,18H,4-5,10,13H2,1-3H3,(H,21,23)(H,22,24)/t18-/m0/s1. The molecule has 0 aliphatic heterocycles. The minimum Gasteiger partial charge on any atom is -0.348 e. The summed E-state index contributed by atoms with van der Waals surface area (Å²) >= 11 is 1.31. The van der Waals surface area contributed by atoms with Crippen LogP contribution >= 0.6 is 11.3 Å². The first-order chi connectivity index (χ1) is 13.3. The molecule has 2 rings (SSSR count). The fourth-order valence-corrected chi connectivity index (χ4v) is 5.49. The van der Waals surface area contributed by atoms with Crippen LogP contribution in [0, 0.1) is 13.8 Å². The maximum Gasteiger partial charge on any atom is 0.309 e. The van der Waals surface area contributed by atoms with E-state index in [0.29, 0.717) is 11.4 Å². The molecule has 1 aromatic heterocycles. The van der Waals surface area contributed by atoms with Crippen molar-refractivity contribution < 1.29 is 18.0 Å². The Labute approximate surface area is 170 Å². The van der Waals surface area contributed by atoms with E-state index in [4.69, 9.17) is 0 Å². The van der Waals surface area contributed by atoms with Crippen molar-refractivity contribution in [3.63, 3.8) is 0 Å².